The largest absolute Gasteiger partial charge is 0.288 e. The van der Waals surface area contributed by atoms with Crippen molar-refractivity contribution in [1.29, 1.82) is 0 Å². The number of thioether (sulfide) groups is 1. The Bertz CT molecular complexity index is 483. The Kier molecular flexibility index (Phi) is 11.1. The van der Waals surface area contributed by atoms with Gasteiger partial charge in [0.05, 0.1) is 17.3 Å². The van der Waals surface area contributed by atoms with Crippen LogP contribution in [0.2, 0.25) is 0 Å². The van der Waals surface area contributed by atoms with Gasteiger partial charge < -0.3 is 0 Å². The quantitative estimate of drug-likeness (QED) is 0.794. The van der Waals surface area contributed by atoms with Gasteiger partial charge in [-0.3, -0.25) is 14.8 Å². The average Bonchev–Trinajstić information content (AvgIpc) is 2.48. The van der Waals surface area contributed by atoms with Gasteiger partial charge in [-0.15, -0.1) is 24.0 Å². The van der Waals surface area contributed by atoms with Crippen LogP contribution < -0.4 is 0 Å². The van der Waals surface area contributed by atoms with Crippen molar-refractivity contribution in [1.82, 2.24) is 9.97 Å². The predicted molar refractivity (Wildman–Crippen MR) is 87.3 cm³/mol. The van der Waals surface area contributed by atoms with E-state index in [1.165, 1.54) is 11.8 Å². The van der Waals surface area contributed by atoms with E-state index >= 15 is 0 Å². The van der Waals surface area contributed by atoms with Gasteiger partial charge in [-0.25, -0.2) is 0 Å². The highest BCUT2D eigenvalue weighted by Crippen LogP contribution is 2.09. The summed E-state index contributed by atoms with van der Waals surface area (Å²) in [5, 5.41) is 0.135. The number of nitrogens with zero attached hydrogens (tertiary/aromatic N) is 2. The number of carbonyl (C=O) groups is 1. The lowest BCUT2D eigenvalue weighted by molar-refractivity contribution is -0.109. The van der Waals surface area contributed by atoms with Gasteiger partial charge in [-0.2, -0.15) is 0 Å². The third-order valence-corrected chi connectivity index (χ3v) is 3.13. The SMILES string of the molecule is CC(=O)SCc1ccccn1.Cl.ClCc1ccccn1. The topological polar surface area (TPSA) is 42.9 Å². The zero-order valence-corrected chi connectivity index (χ0v) is 13.4. The lowest BCUT2D eigenvalue weighted by atomic mass is 10.4. The standard InChI is InChI=1S/C8H9NOS.C6H6ClN.ClH/c1-7(10)11-6-8-4-2-3-5-9-8;7-5-6-3-1-2-4-8-6;/h2-5H,6H2,1H3;1-4H,5H2;1H. The van der Waals surface area contributed by atoms with Crippen molar-refractivity contribution in [2.45, 2.75) is 18.6 Å². The van der Waals surface area contributed by atoms with E-state index < -0.39 is 0 Å². The van der Waals surface area contributed by atoms with E-state index in [-0.39, 0.29) is 17.5 Å². The third-order valence-electron chi connectivity index (χ3n) is 2.01. The van der Waals surface area contributed by atoms with Gasteiger partial charge in [0.2, 0.25) is 0 Å². The predicted octanol–water partition coefficient (Wildman–Crippen LogP) is 4.10. The molecule has 0 bridgehead atoms. The minimum Gasteiger partial charge on any atom is -0.288 e. The lowest BCUT2D eigenvalue weighted by Gasteiger charge is -1.94. The van der Waals surface area contributed by atoms with Gasteiger partial charge in [0.1, 0.15) is 0 Å². The smallest absolute Gasteiger partial charge is 0.186 e. The van der Waals surface area contributed by atoms with Crippen LogP contribution in [0.1, 0.15) is 18.3 Å². The summed E-state index contributed by atoms with van der Waals surface area (Å²) >= 11 is 6.75. The van der Waals surface area contributed by atoms with Crippen molar-refractivity contribution in [3.05, 3.63) is 60.2 Å². The van der Waals surface area contributed by atoms with Gasteiger partial charge >= 0.3 is 0 Å². The Morgan fingerprint density at radius 3 is 2.00 bits per heavy atom. The molecule has 20 heavy (non-hydrogen) atoms. The first-order chi connectivity index (χ1) is 9.22. The second kappa shape index (κ2) is 11.7. The fourth-order valence-corrected chi connectivity index (χ4v) is 1.82. The molecule has 0 atom stereocenters. The molecule has 0 aliphatic carbocycles. The first kappa shape index (κ1) is 18.9. The molecule has 0 spiro atoms. The maximum absolute atomic E-state index is 10.6. The van der Waals surface area contributed by atoms with Crippen LogP contribution in [-0.2, 0) is 16.4 Å². The molecule has 0 radical (unpaired) electrons. The number of carbonyl (C=O) groups excluding carboxylic acids is 1. The van der Waals surface area contributed by atoms with Gasteiger partial charge in [0, 0.05) is 25.1 Å². The molecule has 0 saturated carbocycles. The molecular formula is C14H16Cl2N2OS. The zero-order chi connectivity index (χ0) is 13.9. The van der Waals surface area contributed by atoms with Crippen molar-refractivity contribution < 1.29 is 4.79 Å². The number of aromatic nitrogens is 2. The molecule has 2 aromatic rings. The summed E-state index contributed by atoms with van der Waals surface area (Å²) in [7, 11) is 0. The van der Waals surface area contributed by atoms with Crippen molar-refractivity contribution in [3.63, 3.8) is 0 Å². The molecule has 2 heterocycles. The molecule has 0 unspecified atom stereocenters. The number of pyridine rings is 2. The van der Waals surface area contributed by atoms with Gasteiger partial charge in [0.25, 0.3) is 0 Å². The number of hydrogen-bond donors (Lipinski definition) is 0. The van der Waals surface area contributed by atoms with Crippen LogP contribution in [0.15, 0.2) is 48.8 Å². The fourth-order valence-electron chi connectivity index (χ4n) is 1.14. The van der Waals surface area contributed by atoms with E-state index in [1.807, 2.05) is 36.4 Å². The Balaban J connectivity index is 0.000000359. The molecule has 2 aromatic heterocycles. The summed E-state index contributed by atoms with van der Waals surface area (Å²) in [6, 6.07) is 11.4. The van der Waals surface area contributed by atoms with Crippen molar-refractivity contribution in [3.8, 4) is 0 Å². The second-order valence-electron chi connectivity index (χ2n) is 3.56. The Labute approximate surface area is 134 Å². The number of halogens is 2. The van der Waals surface area contributed by atoms with Crippen LogP contribution in [0.5, 0.6) is 0 Å². The molecule has 0 amide bonds. The third kappa shape index (κ3) is 8.91. The Morgan fingerprint density at radius 2 is 1.65 bits per heavy atom. The molecule has 0 fully saturated rings. The summed E-state index contributed by atoms with van der Waals surface area (Å²) in [5.74, 6) is 1.18. The second-order valence-corrected chi connectivity index (χ2v) is 4.98. The normalized spacial score (nSPS) is 8.90. The number of hydrogen-bond acceptors (Lipinski definition) is 4. The van der Waals surface area contributed by atoms with Crippen molar-refractivity contribution in [2.24, 2.45) is 0 Å². The first-order valence-corrected chi connectivity index (χ1v) is 7.23. The van der Waals surface area contributed by atoms with Crippen LogP contribution in [0, 0.1) is 0 Å². The van der Waals surface area contributed by atoms with Gasteiger partial charge in [-0.05, 0) is 24.3 Å². The van der Waals surface area contributed by atoms with Gasteiger partial charge in [0.15, 0.2) is 5.12 Å². The van der Waals surface area contributed by atoms with Crippen molar-refractivity contribution >= 4 is 40.9 Å². The monoisotopic (exact) mass is 330 g/mol. The van der Waals surface area contributed by atoms with Gasteiger partial charge in [-0.1, -0.05) is 23.9 Å². The van der Waals surface area contributed by atoms with E-state index in [2.05, 4.69) is 9.97 Å². The lowest BCUT2D eigenvalue weighted by Crippen LogP contribution is -1.87. The molecule has 6 heteroatoms. The molecule has 0 aliphatic rings. The van der Waals surface area contributed by atoms with Crippen molar-refractivity contribution in [2.75, 3.05) is 0 Å². The van der Waals surface area contributed by atoms with Crippen LogP contribution in [0.4, 0.5) is 0 Å². The number of rotatable bonds is 3. The van der Waals surface area contributed by atoms with E-state index in [1.54, 1.807) is 19.3 Å². The summed E-state index contributed by atoms with van der Waals surface area (Å²) in [6.07, 6.45) is 3.47. The molecule has 0 aliphatic heterocycles. The fraction of sp³-hybridized carbons (Fsp3) is 0.214. The molecule has 108 valence electrons. The Hall–Kier alpha value is -1.10. The molecule has 0 N–H and O–H groups in total. The minimum absolute atomic E-state index is 0. The van der Waals surface area contributed by atoms with Crippen LogP contribution in [-0.4, -0.2) is 15.1 Å². The van der Waals surface area contributed by atoms with Crippen LogP contribution in [0.3, 0.4) is 0 Å². The van der Waals surface area contributed by atoms with Crippen LogP contribution >= 0.6 is 35.8 Å². The van der Waals surface area contributed by atoms with E-state index in [0.29, 0.717) is 11.6 Å². The zero-order valence-electron chi connectivity index (χ0n) is 11.0. The molecule has 2 rings (SSSR count). The highest BCUT2D eigenvalue weighted by molar-refractivity contribution is 8.12. The highest BCUT2D eigenvalue weighted by atomic mass is 35.5. The van der Waals surface area contributed by atoms with E-state index in [4.69, 9.17) is 11.6 Å². The average molecular weight is 331 g/mol. The molecule has 0 aromatic carbocycles. The summed E-state index contributed by atoms with van der Waals surface area (Å²) < 4.78 is 0. The van der Waals surface area contributed by atoms with E-state index in [0.717, 1.165) is 11.4 Å². The maximum Gasteiger partial charge on any atom is 0.186 e. The molecular weight excluding hydrogens is 315 g/mol. The minimum atomic E-state index is 0. The highest BCUT2D eigenvalue weighted by Gasteiger charge is 1.95. The Morgan fingerprint density at radius 1 is 1.10 bits per heavy atom. The van der Waals surface area contributed by atoms with E-state index in [9.17, 15) is 4.79 Å². The maximum atomic E-state index is 10.6. The summed E-state index contributed by atoms with van der Waals surface area (Å²) in [5.41, 5.74) is 1.88. The summed E-state index contributed by atoms with van der Waals surface area (Å²) in [4.78, 5) is 18.6. The molecule has 0 saturated heterocycles. The summed E-state index contributed by atoms with van der Waals surface area (Å²) in [6.45, 7) is 1.56. The number of alkyl halides is 1. The first-order valence-electron chi connectivity index (χ1n) is 5.71. The molecule has 3 nitrogen and oxygen atoms in total. The van der Waals surface area contributed by atoms with Crippen LogP contribution in [0.25, 0.3) is 0 Å².